The number of benzene rings is 2. The van der Waals surface area contributed by atoms with Crippen LogP contribution in [0, 0.1) is 0 Å². The van der Waals surface area contributed by atoms with Crippen molar-refractivity contribution in [1.29, 1.82) is 0 Å². The topological polar surface area (TPSA) is 24.9 Å². The van der Waals surface area contributed by atoms with E-state index in [-0.39, 0.29) is 5.41 Å². The van der Waals surface area contributed by atoms with E-state index < -0.39 is 0 Å². The average Bonchev–Trinajstić information content (AvgIpc) is 3.03. The third-order valence-corrected chi connectivity index (χ3v) is 6.60. The van der Waals surface area contributed by atoms with Crippen LogP contribution in [0.1, 0.15) is 17.7 Å². The summed E-state index contributed by atoms with van der Waals surface area (Å²) in [6.07, 6.45) is 2.27. The lowest BCUT2D eigenvalue weighted by atomic mass is 9.73. The summed E-state index contributed by atoms with van der Waals surface area (Å²) in [5, 5.41) is 5.41. The molecule has 0 radical (unpaired) electrons. The second-order valence-electron chi connectivity index (χ2n) is 6.52. The molecule has 5 rings (SSSR count). The number of nitrogens with zero attached hydrogens (tertiary/aromatic N) is 1. The lowest BCUT2D eigenvalue weighted by molar-refractivity contribution is 0.409. The first-order valence-electron chi connectivity index (χ1n) is 8.17. The second-order valence-corrected chi connectivity index (χ2v) is 7.74. The van der Waals surface area contributed by atoms with Gasteiger partial charge in [0.1, 0.15) is 0 Å². The summed E-state index contributed by atoms with van der Waals surface area (Å²) < 4.78 is 0. The van der Waals surface area contributed by atoms with Gasteiger partial charge >= 0.3 is 0 Å². The van der Waals surface area contributed by atoms with Crippen LogP contribution < -0.4 is 5.32 Å². The third kappa shape index (κ3) is 1.99. The SMILES string of the molecule is c1ccc2c(c1)CC1(c3ccc4ccccc4n3)CCSC1N2. The Morgan fingerprint density at radius 1 is 1.00 bits per heavy atom. The lowest BCUT2D eigenvalue weighted by Gasteiger charge is -2.40. The van der Waals surface area contributed by atoms with Gasteiger partial charge in [0.2, 0.25) is 0 Å². The molecule has 1 aromatic heterocycles. The van der Waals surface area contributed by atoms with E-state index in [9.17, 15) is 0 Å². The van der Waals surface area contributed by atoms with E-state index in [1.54, 1.807) is 0 Å². The molecular weight excluding hydrogens is 300 g/mol. The lowest BCUT2D eigenvalue weighted by Crippen LogP contribution is -2.44. The van der Waals surface area contributed by atoms with Crippen LogP contribution in [-0.4, -0.2) is 16.1 Å². The van der Waals surface area contributed by atoms with E-state index >= 15 is 0 Å². The molecule has 1 N–H and O–H groups in total. The molecule has 2 nitrogen and oxygen atoms in total. The first kappa shape index (κ1) is 13.4. The van der Waals surface area contributed by atoms with E-state index in [1.165, 1.54) is 34.5 Å². The Morgan fingerprint density at radius 3 is 2.87 bits per heavy atom. The van der Waals surface area contributed by atoms with Gasteiger partial charge in [-0.15, -0.1) is 11.8 Å². The minimum Gasteiger partial charge on any atom is -0.372 e. The fraction of sp³-hybridized carbons (Fsp3) is 0.250. The number of thioether (sulfide) groups is 1. The largest absolute Gasteiger partial charge is 0.372 e. The molecule has 23 heavy (non-hydrogen) atoms. The molecule has 3 heteroatoms. The molecule has 3 heterocycles. The highest BCUT2D eigenvalue weighted by molar-refractivity contribution is 8.00. The molecule has 2 aliphatic heterocycles. The normalized spacial score (nSPS) is 25.7. The maximum Gasteiger partial charge on any atom is 0.0838 e. The van der Waals surface area contributed by atoms with Crippen molar-refractivity contribution in [3.8, 4) is 0 Å². The highest BCUT2D eigenvalue weighted by Crippen LogP contribution is 2.50. The number of para-hydroxylation sites is 2. The molecule has 0 aliphatic carbocycles. The van der Waals surface area contributed by atoms with Gasteiger partial charge in [0, 0.05) is 16.5 Å². The summed E-state index contributed by atoms with van der Waals surface area (Å²) in [5.41, 5.74) is 5.18. The van der Waals surface area contributed by atoms with Crippen LogP contribution in [-0.2, 0) is 11.8 Å². The van der Waals surface area contributed by atoms with Gasteiger partial charge in [-0.25, -0.2) is 0 Å². The van der Waals surface area contributed by atoms with Gasteiger partial charge in [-0.3, -0.25) is 4.98 Å². The molecule has 1 saturated heterocycles. The van der Waals surface area contributed by atoms with Gasteiger partial charge in [-0.1, -0.05) is 42.5 Å². The molecule has 3 aromatic rings. The third-order valence-electron chi connectivity index (χ3n) is 5.25. The van der Waals surface area contributed by atoms with Crippen LogP contribution in [0.3, 0.4) is 0 Å². The Labute approximate surface area is 140 Å². The van der Waals surface area contributed by atoms with Crippen LogP contribution >= 0.6 is 11.8 Å². The number of anilines is 1. The predicted molar refractivity (Wildman–Crippen MR) is 98.1 cm³/mol. The maximum absolute atomic E-state index is 5.05. The van der Waals surface area contributed by atoms with Gasteiger partial charge in [-0.05, 0) is 42.4 Å². The fourth-order valence-electron chi connectivity index (χ4n) is 4.00. The minimum absolute atomic E-state index is 0.114. The van der Waals surface area contributed by atoms with Crippen LogP contribution in [0.15, 0.2) is 60.7 Å². The predicted octanol–water partition coefficient (Wildman–Crippen LogP) is 4.60. The summed E-state index contributed by atoms with van der Waals surface area (Å²) in [4.78, 5) is 5.05. The van der Waals surface area contributed by atoms with E-state index in [2.05, 4.69) is 66.0 Å². The Hall–Kier alpha value is -2.00. The molecule has 0 saturated carbocycles. The number of aromatic nitrogens is 1. The summed E-state index contributed by atoms with van der Waals surface area (Å²) in [6, 6.07) is 21.6. The summed E-state index contributed by atoms with van der Waals surface area (Å²) in [6.45, 7) is 0. The van der Waals surface area contributed by atoms with Gasteiger partial charge in [0.15, 0.2) is 0 Å². The van der Waals surface area contributed by atoms with Crippen molar-refractivity contribution in [2.24, 2.45) is 0 Å². The number of hydrogen-bond acceptors (Lipinski definition) is 3. The molecule has 2 aliphatic rings. The molecule has 0 spiro atoms. The smallest absolute Gasteiger partial charge is 0.0838 e. The minimum atomic E-state index is 0.114. The summed E-state index contributed by atoms with van der Waals surface area (Å²) in [5.74, 6) is 1.19. The number of rotatable bonds is 1. The molecule has 2 aromatic carbocycles. The van der Waals surface area contributed by atoms with Crippen LogP contribution in [0.25, 0.3) is 10.9 Å². The molecule has 0 bridgehead atoms. The van der Waals surface area contributed by atoms with E-state index in [4.69, 9.17) is 4.98 Å². The second kappa shape index (κ2) is 5.00. The van der Waals surface area contributed by atoms with Gasteiger partial charge in [0.25, 0.3) is 0 Å². The Morgan fingerprint density at radius 2 is 1.87 bits per heavy atom. The summed E-state index contributed by atoms with van der Waals surface area (Å²) >= 11 is 2.04. The summed E-state index contributed by atoms with van der Waals surface area (Å²) in [7, 11) is 0. The van der Waals surface area contributed by atoms with Crippen LogP contribution in [0.2, 0.25) is 0 Å². The van der Waals surface area contributed by atoms with Crippen molar-refractivity contribution in [2.75, 3.05) is 11.1 Å². The molecule has 0 amide bonds. The molecule has 1 fully saturated rings. The molecule has 2 unspecified atom stereocenters. The number of hydrogen-bond donors (Lipinski definition) is 1. The van der Waals surface area contributed by atoms with E-state index in [0.717, 1.165) is 11.9 Å². The fourth-order valence-corrected chi connectivity index (χ4v) is 5.57. The first-order valence-corrected chi connectivity index (χ1v) is 9.22. The van der Waals surface area contributed by atoms with Crippen molar-refractivity contribution < 1.29 is 0 Å². The van der Waals surface area contributed by atoms with Crippen molar-refractivity contribution in [1.82, 2.24) is 4.98 Å². The zero-order chi connectivity index (χ0) is 15.3. The van der Waals surface area contributed by atoms with Crippen LogP contribution in [0.5, 0.6) is 0 Å². The van der Waals surface area contributed by atoms with E-state index in [1.807, 2.05) is 11.8 Å². The Balaban J connectivity index is 1.67. The monoisotopic (exact) mass is 318 g/mol. The number of nitrogens with one attached hydrogen (secondary N) is 1. The zero-order valence-electron chi connectivity index (χ0n) is 12.8. The van der Waals surface area contributed by atoms with Gasteiger partial charge < -0.3 is 5.32 Å². The van der Waals surface area contributed by atoms with Crippen molar-refractivity contribution in [3.05, 3.63) is 71.9 Å². The standard InChI is InChI=1S/C20H18N2S/c1-3-7-16-14(5-1)9-10-18(21-16)20-11-12-23-19(20)22-17-8-4-2-6-15(17)13-20/h1-10,19,22H,11-13H2. The first-order chi connectivity index (χ1) is 11.4. The average molecular weight is 318 g/mol. The van der Waals surface area contributed by atoms with Gasteiger partial charge in [-0.2, -0.15) is 0 Å². The quantitative estimate of drug-likeness (QED) is 0.709. The molecule has 2 atom stereocenters. The Kier molecular flexibility index (Phi) is 2.92. The van der Waals surface area contributed by atoms with Gasteiger partial charge in [0.05, 0.1) is 16.6 Å². The zero-order valence-corrected chi connectivity index (χ0v) is 13.6. The molecule has 114 valence electrons. The number of fused-ring (bicyclic) bond motifs is 3. The Bertz CT molecular complexity index is 891. The van der Waals surface area contributed by atoms with Crippen molar-refractivity contribution in [2.45, 2.75) is 23.6 Å². The van der Waals surface area contributed by atoms with Crippen LogP contribution in [0.4, 0.5) is 5.69 Å². The highest BCUT2D eigenvalue weighted by atomic mass is 32.2. The highest BCUT2D eigenvalue weighted by Gasteiger charge is 2.48. The number of pyridine rings is 1. The van der Waals surface area contributed by atoms with Crippen molar-refractivity contribution in [3.63, 3.8) is 0 Å². The van der Waals surface area contributed by atoms with Crippen molar-refractivity contribution >= 4 is 28.4 Å². The van der Waals surface area contributed by atoms with E-state index in [0.29, 0.717) is 5.37 Å². The maximum atomic E-state index is 5.05. The molecular formula is C20H18N2S.